The largest absolute Gasteiger partial charge is 0.379 e. The molecule has 6 rings (SSSR count). The summed E-state index contributed by atoms with van der Waals surface area (Å²) in [6.45, 7) is 7.39. The summed E-state index contributed by atoms with van der Waals surface area (Å²) in [5.41, 5.74) is 3.15. The Morgan fingerprint density at radius 2 is 1.52 bits per heavy atom. The van der Waals surface area contributed by atoms with Crippen LogP contribution in [0.2, 0.25) is 0 Å². The van der Waals surface area contributed by atoms with Gasteiger partial charge in [-0.3, -0.25) is 9.69 Å². The SMILES string of the molecule is O=C(Cn1nc(-c2ccccc2)nc1-c1ccc(CCN2CCOCC2)cc1)N1CCN(c2ncccn2)CC1. The zero-order chi connectivity index (χ0) is 27.1. The molecule has 0 unspecified atom stereocenters. The van der Waals surface area contributed by atoms with E-state index in [9.17, 15) is 4.79 Å². The molecule has 4 heterocycles. The molecule has 0 saturated carbocycles. The molecule has 2 aromatic carbocycles. The van der Waals surface area contributed by atoms with E-state index in [4.69, 9.17) is 14.8 Å². The number of ether oxygens (including phenoxy) is 1. The predicted molar refractivity (Wildman–Crippen MR) is 153 cm³/mol. The lowest BCUT2D eigenvalue weighted by atomic mass is 10.1. The number of hydrogen-bond acceptors (Lipinski definition) is 8. The number of morpholine rings is 1. The Hall–Kier alpha value is -4.15. The third-order valence-corrected chi connectivity index (χ3v) is 7.49. The number of aromatic nitrogens is 5. The molecule has 2 aromatic heterocycles. The van der Waals surface area contributed by atoms with Gasteiger partial charge >= 0.3 is 0 Å². The van der Waals surface area contributed by atoms with Crippen molar-refractivity contribution in [1.82, 2.24) is 34.5 Å². The highest BCUT2D eigenvalue weighted by Gasteiger charge is 2.24. The molecule has 4 aromatic rings. The zero-order valence-corrected chi connectivity index (χ0v) is 22.6. The van der Waals surface area contributed by atoms with Crippen LogP contribution in [0.4, 0.5) is 5.95 Å². The van der Waals surface area contributed by atoms with Gasteiger partial charge in [0.1, 0.15) is 6.54 Å². The number of carbonyl (C=O) groups is 1. The van der Waals surface area contributed by atoms with Gasteiger partial charge in [-0.25, -0.2) is 19.6 Å². The maximum absolute atomic E-state index is 13.4. The van der Waals surface area contributed by atoms with Crippen LogP contribution in [0.1, 0.15) is 5.56 Å². The summed E-state index contributed by atoms with van der Waals surface area (Å²) < 4.78 is 7.21. The molecule has 0 radical (unpaired) electrons. The van der Waals surface area contributed by atoms with E-state index in [0.29, 0.717) is 43.8 Å². The number of nitrogens with zero attached hydrogens (tertiary/aromatic N) is 8. The second kappa shape index (κ2) is 12.4. The van der Waals surface area contributed by atoms with Crippen molar-refractivity contribution in [2.24, 2.45) is 0 Å². The Labute approximate surface area is 234 Å². The van der Waals surface area contributed by atoms with Gasteiger partial charge in [0.25, 0.3) is 0 Å². The van der Waals surface area contributed by atoms with E-state index in [1.807, 2.05) is 41.3 Å². The van der Waals surface area contributed by atoms with E-state index >= 15 is 0 Å². The van der Waals surface area contributed by atoms with Gasteiger partial charge in [0.2, 0.25) is 11.9 Å². The first-order chi connectivity index (χ1) is 19.7. The van der Waals surface area contributed by atoms with Crippen molar-refractivity contribution in [3.63, 3.8) is 0 Å². The summed E-state index contributed by atoms with van der Waals surface area (Å²) in [6, 6.07) is 20.2. The van der Waals surface area contributed by atoms with Gasteiger partial charge in [0.05, 0.1) is 13.2 Å². The first-order valence-electron chi connectivity index (χ1n) is 13.9. The fraction of sp³-hybridized carbons (Fsp3) is 0.367. The summed E-state index contributed by atoms with van der Waals surface area (Å²) in [4.78, 5) is 33.4. The number of benzene rings is 2. The van der Waals surface area contributed by atoms with Crippen molar-refractivity contribution in [3.05, 3.63) is 78.6 Å². The molecule has 0 aliphatic carbocycles. The summed E-state index contributed by atoms with van der Waals surface area (Å²) in [5, 5.41) is 4.78. The standard InChI is InChI=1S/C30H34N8O2/c39-27(36-15-17-37(18-16-36)30-31-12-4-13-32-30)23-38-29(33-28(34-38)25-5-2-1-3-6-25)26-9-7-24(8-10-26)11-14-35-19-21-40-22-20-35/h1-10,12-13H,11,14-23H2. The lowest BCUT2D eigenvalue weighted by Crippen LogP contribution is -2.50. The second-order valence-corrected chi connectivity index (χ2v) is 10.1. The molecule has 10 nitrogen and oxygen atoms in total. The van der Waals surface area contributed by atoms with Crippen molar-refractivity contribution in [2.75, 3.05) is 63.9 Å². The number of piperazine rings is 1. The van der Waals surface area contributed by atoms with Crippen LogP contribution in [0.25, 0.3) is 22.8 Å². The Morgan fingerprint density at radius 3 is 2.25 bits per heavy atom. The smallest absolute Gasteiger partial charge is 0.244 e. The van der Waals surface area contributed by atoms with E-state index in [1.54, 1.807) is 17.1 Å². The second-order valence-electron chi connectivity index (χ2n) is 10.1. The quantitative estimate of drug-likeness (QED) is 0.338. The van der Waals surface area contributed by atoms with E-state index in [-0.39, 0.29) is 12.5 Å². The van der Waals surface area contributed by atoms with Crippen LogP contribution in [0, 0.1) is 0 Å². The Balaban J connectivity index is 1.16. The van der Waals surface area contributed by atoms with Crippen LogP contribution < -0.4 is 4.90 Å². The molecule has 0 N–H and O–H groups in total. The van der Waals surface area contributed by atoms with E-state index in [1.165, 1.54) is 5.56 Å². The average Bonchev–Trinajstić information content (AvgIpc) is 3.45. The summed E-state index contributed by atoms with van der Waals surface area (Å²) in [7, 11) is 0. The lowest BCUT2D eigenvalue weighted by molar-refractivity contribution is -0.132. The molecule has 0 bridgehead atoms. The fourth-order valence-electron chi connectivity index (χ4n) is 5.15. The van der Waals surface area contributed by atoms with Gasteiger partial charge in [-0.2, -0.15) is 0 Å². The number of rotatable bonds is 8. The van der Waals surface area contributed by atoms with Crippen LogP contribution in [0.15, 0.2) is 73.1 Å². The molecule has 2 aliphatic heterocycles. The lowest BCUT2D eigenvalue weighted by Gasteiger charge is -2.34. The summed E-state index contributed by atoms with van der Waals surface area (Å²) in [5.74, 6) is 2.05. The minimum Gasteiger partial charge on any atom is -0.379 e. The summed E-state index contributed by atoms with van der Waals surface area (Å²) in [6.07, 6.45) is 4.47. The fourth-order valence-corrected chi connectivity index (χ4v) is 5.15. The maximum atomic E-state index is 13.4. The third-order valence-electron chi connectivity index (χ3n) is 7.49. The molecule has 2 aliphatic rings. The average molecular weight is 539 g/mol. The van der Waals surface area contributed by atoms with Crippen molar-refractivity contribution >= 4 is 11.9 Å². The van der Waals surface area contributed by atoms with Gasteiger partial charge < -0.3 is 14.5 Å². The van der Waals surface area contributed by atoms with Crippen LogP contribution in [0.3, 0.4) is 0 Å². The van der Waals surface area contributed by atoms with Gasteiger partial charge in [-0.1, -0.05) is 54.6 Å². The number of amides is 1. The van der Waals surface area contributed by atoms with E-state index < -0.39 is 0 Å². The minimum absolute atomic E-state index is 0.0292. The Bertz CT molecular complexity index is 1380. The number of anilines is 1. The monoisotopic (exact) mass is 538 g/mol. The Morgan fingerprint density at radius 1 is 0.800 bits per heavy atom. The highest BCUT2D eigenvalue weighted by atomic mass is 16.5. The van der Waals surface area contributed by atoms with Gasteiger partial charge in [0.15, 0.2) is 11.6 Å². The Kier molecular flexibility index (Phi) is 8.06. The van der Waals surface area contributed by atoms with Gasteiger partial charge in [-0.15, -0.1) is 5.10 Å². The van der Waals surface area contributed by atoms with Crippen molar-refractivity contribution in [1.29, 1.82) is 0 Å². The number of carbonyl (C=O) groups excluding carboxylic acids is 1. The van der Waals surface area contributed by atoms with Gasteiger partial charge in [-0.05, 0) is 18.1 Å². The molecular formula is C30H34N8O2. The van der Waals surface area contributed by atoms with Crippen LogP contribution >= 0.6 is 0 Å². The molecule has 40 heavy (non-hydrogen) atoms. The molecule has 2 fully saturated rings. The van der Waals surface area contributed by atoms with Crippen molar-refractivity contribution in [2.45, 2.75) is 13.0 Å². The predicted octanol–water partition coefficient (Wildman–Crippen LogP) is 2.63. The van der Waals surface area contributed by atoms with Crippen molar-refractivity contribution in [3.8, 4) is 22.8 Å². The van der Waals surface area contributed by atoms with E-state index in [0.717, 1.165) is 50.4 Å². The molecule has 1 amide bonds. The molecule has 2 saturated heterocycles. The third kappa shape index (κ3) is 6.19. The molecule has 206 valence electrons. The van der Waals surface area contributed by atoms with Crippen LogP contribution in [-0.2, 0) is 22.5 Å². The zero-order valence-electron chi connectivity index (χ0n) is 22.6. The maximum Gasteiger partial charge on any atom is 0.244 e. The molecule has 0 spiro atoms. The van der Waals surface area contributed by atoms with Crippen LogP contribution in [0.5, 0.6) is 0 Å². The molecule has 10 heteroatoms. The highest BCUT2D eigenvalue weighted by molar-refractivity contribution is 5.77. The van der Waals surface area contributed by atoms with Crippen molar-refractivity contribution < 1.29 is 9.53 Å². The van der Waals surface area contributed by atoms with E-state index in [2.05, 4.69) is 44.0 Å². The minimum atomic E-state index is 0.0292. The molecular weight excluding hydrogens is 504 g/mol. The summed E-state index contributed by atoms with van der Waals surface area (Å²) >= 11 is 0. The highest BCUT2D eigenvalue weighted by Crippen LogP contribution is 2.24. The first kappa shape index (κ1) is 26.1. The normalized spacial score (nSPS) is 16.3. The topological polar surface area (TPSA) is 92.5 Å². The first-order valence-corrected chi connectivity index (χ1v) is 13.9. The number of hydrogen-bond donors (Lipinski definition) is 0. The van der Waals surface area contributed by atoms with Gasteiger partial charge in [0, 0.05) is 69.3 Å². The molecule has 0 atom stereocenters. The van der Waals surface area contributed by atoms with Crippen LogP contribution in [-0.4, -0.2) is 99.5 Å².